The van der Waals surface area contributed by atoms with Crippen molar-refractivity contribution >= 4 is 12.0 Å². The maximum Gasteiger partial charge on any atom is 0.416 e. The largest absolute Gasteiger partial charge is 0.416 e. The second kappa shape index (κ2) is 8.48. The Morgan fingerprint density at radius 1 is 1.19 bits per heavy atom. The van der Waals surface area contributed by atoms with Crippen LogP contribution in [0.1, 0.15) is 23.1 Å². The van der Waals surface area contributed by atoms with Gasteiger partial charge in [-0.2, -0.15) is 13.2 Å². The van der Waals surface area contributed by atoms with E-state index in [4.69, 9.17) is 5.21 Å². The first-order valence-electron chi connectivity index (χ1n) is 7.79. The molecule has 0 aliphatic carbocycles. The van der Waals surface area contributed by atoms with Crippen molar-refractivity contribution in [1.82, 2.24) is 10.0 Å². The summed E-state index contributed by atoms with van der Waals surface area (Å²) in [6.07, 6.45) is -0.108. The highest BCUT2D eigenvalue weighted by Gasteiger charge is 2.32. The highest BCUT2D eigenvalue weighted by Crippen LogP contribution is 2.32. The molecule has 0 atom stereocenters. The van der Waals surface area contributed by atoms with E-state index in [2.05, 4.69) is 0 Å². The molecule has 2 N–H and O–H groups in total. The number of rotatable bonds is 6. The van der Waals surface area contributed by atoms with E-state index >= 15 is 0 Å². The van der Waals surface area contributed by atoms with Gasteiger partial charge in [-0.15, -0.1) is 0 Å². The third-order valence-corrected chi connectivity index (χ3v) is 3.74. The number of hydroxylamine groups is 1. The standard InChI is InChI=1S/C18H17F3N2O3/c19-18(20,21)15-8-2-1-5-13(15)6-3-11-23-12-4-7-14(17(23)25)9-10-16(24)22-26/h1-2,4-5,7-10,12,26H,3,6,11H2,(H,22,24)/b10-9+. The average molecular weight is 366 g/mol. The van der Waals surface area contributed by atoms with Crippen molar-refractivity contribution in [2.75, 3.05) is 0 Å². The van der Waals surface area contributed by atoms with Crippen molar-refractivity contribution in [2.45, 2.75) is 25.6 Å². The zero-order valence-corrected chi connectivity index (χ0v) is 13.7. The number of nitrogens with one attached hydrogen (secondary N) is 1. The van der Waals surface area contributed by atoms with Crippen LogP contribution in [0.25, 0.3) is 6.08 Å². The first-order valence-corrected chi connectivity index (χ1v) is 7.79. The van der Waals surface area contributed by atoms with Gasteiger partial charge >= 0.3 is 6.18 Å². The number of alkyl halides is 3. The van der Waals surface area contributed by atoms with Crippen LogP contribution in [-0.2, 0) is 23.9 Å². The van der Waals surface area contributed by atoms with E-state index in [9.17, 15) is 22.8 Å². The van der Waals surface area contributed by atoms with Crippen LogP contribution in [0.4, 0.5) is 13.2 Å². The number of pyridine rings is 1. The predicted molar refractivity (Wildman–Crippen MR) is 89.4 cm³/mol. The fourth-order valence-corrected chi connectivity index (χ4v) is 2.52. The molecule has 8 heteroatoms. The number of amides is 1. The van der Waals surface area contributed by atoms with Crippen LogP contribution in [0, 0.1) is 0 Å². The summed E-state index contributed by atoms with van der Waals surface area (Å²) in [5.41, 5.74) is 0.781. The van der Waals surface area contributed by atoms with Crippen molar-refractivity contribution in [3.63, 3.8) is 0 Å². The minimum Gasteiger partial charge on any atom is -0.315 e. The summed E-state index contributed by atoms with van der Waals surface area (Å²) in [7, 11) is 0. The van der Waals surface area contributed by atoms with Gasteiger partial charge in [0, 0.05) is 24.4 Å². The molecular weight excluding hydrogens is 349 g/mol. The summed E-state index contributed by atoms with van der Waals surface area (Å²) >= 11 is 0. The molecule has 5 nitrogen and oxygen atoms in total. The molecule has 0 saturated heterocycles. The first-order chi connectivity index (χ1) is 12.3. The van der Waals surface area contributed by atoms with Gasteiger partial charge in [0.15, 0.2) is 0 Å². The van der Waals surface area contributed by atoms with Gasteiger partial charge in [0.2, 0.25) is 0 Å². The number of benzene rings is 1. The van der Waals surface area contributed by atoms with Crippen LogP contribution in [0.2, 0.25) is 0 Å². The quantitative estimate of drug-likeness (QED) is 0.469. The van der Waals surface area contributed by atoms with Gasteiger partial charge in [-0.25, -0.2) is 5.48 Å². The third kappa shape index (κ3) is 5.06. The molecule has 0 radical (unpaired) electrons. The van der Waals surface area contributed by atoms with Gasteiger partial charge < -0.3 is 4.57 Å². The highest BCUT2D eigenvalue weighted by atomic mass is 19.4. The van der Waals surface area contributed by atoms with E-state index in [1.165, 1.54) is 40.5 Å². The maximum atomic E-state index is 13.0. The molecule has 1 amide bonds. The van der Waals surface area contributed by atoms with Crippen molar-refractivity contribution in [2.24, 2.45) is 0 Å². The normalized spacial score (nSPS) is 11.7. The fraction of sp³-hybridized carbons (Fsp3) is 0.222. The lowest BCUT2D eigenvalue weighted by atomic mass is 10.0. The fourth-order valence-electron chi connectivity index (χ4n) is 2.52. The van der Waals surface area contributed by atoms with E-state index < -0.39 is 17.6 Å². The Balaban J connectivity index is 2.09. The van der Waals surface area contributed by atoms with Crippen LogP contribution >= 0.6 is 0 Å². The average Bonchev–Trinajstić information content (AvgIpc) is 2.61. The van der Waals surface area contributed by atoms with Gasteiger partial charge in [-0.3, -0.25) is 14.8 Å². The zero-order valence-electron chi connectivity index (χ0n) is 13.7. The molecule has 1 aromatic carbocycles. The van der Waals surface area contributed by atoms with Crippen LogP contribution in [0.5, 0.6) is 0 Å². The van der Waals surface area contributed by atoms with E-state index in [0.717, 1.165) is 12.1 Å². The van der Waals surface area contributed by atoms with Crippen molar-refractivity contribution in [3.8, 4) is 0 Å². The first kappa shape index (κ1) is 19.5. The molecule has 0 bridgehead atoms. The Morgan fingerprint density at radius 2 is 1.92 bits per heavy atom. The molecule has 0 unspecified atom stereocenters. The molecule has 26 heavy (non-hydrogen) atoms. The molecular formula is C18H17F3N2O3. The topological polar surface area (TPSA) is 71.3 Å². The lowest BCUT2D eigenvalue weighted by Crippen LogP contribution is -2.22. The maximum absolute atomic E-state index is 13.0. The summed E-state index contributed by atoms with van der Waals surface area (Å²) in [5.74, 6) is -0.774. The minimum absolute atomic E-state index is 0.176. The molecule has 1 aromatic heterocycles. The van der Waals surface area contributed by atoms with Gasteiger partial charge in [0.05, 0.1) is 5.56 Å². The number of nitrogens with zero attached hydrogens (tertiary/aromatic N) is 1. The van der Waals surface area contributed by atoms with Crippen molar-refractivity contribution in [1.29, 1.82) is 0 Å². The van der Waals surface area contributed by atoms with Gasteiger partial charge in [0.1, 0.15) is 0 Å². The SMILES string of the molecule is O=C(/C=C/c1cccn(CCCc2ccccc2C(F)(F)F)c1=O)NO. The Labute approximate surface area is 147 Å². The summed E-state index contributed by atoms with van der Waals surface area (Å²) < 4.78 is 40.3. The van der Waals surface area contributed by atoms with Crippen LogP contribution in [0.3, 0.4) is 0 Å². The molecule has 1 heterocycles. The Kier molecular flexibility index (Phi) is 6.35. The molecule has 2 rings (SSSR count). The number of halogens is 3. The molecule has 0 saturated carbocycles. The van der Waals surface area contributed by atoms with Gasteiger partial charge in [0.25, 0.3) is 11.5 Å². The number of carbonyl (C=O) groups is 1. The molecule has 2 aromatic rings. The monoisotopic (exact) mass is 366 g/mol. The third-order valence-electron chi connectivity index (χ3n) is 3.74. The molecule has 138 valence electrons. The van der Waals surface area contributed by atoms with E-state index in [-0.39, 0.29) is 29.7 Å². The minimum atomic E-state index is -4.41. The van der Waals surface area contributed by atoms with Gasteiger partial charge in [-0.05, 0) is 42.7 Å². The molecule has 0 aliphatic heterocycles. The Bertz CT molecular complexity index is 857. The lowest BCUT2D eigenvalue weighted by molar-refractivity contribution is -0.138. The van der Waals surface area contributed by atoms with Crippen LogP contribution in [-0.4, -0.2) is 15.7 Å². The zero-order chi connectivity index (χ0) is 19.2. The Morgan fingerprint density at radius 3 is 2.62 bits per heavy atom. The second-order valence-electron chi connectivity index (χ2n) is 5.53. The summed E-state index contributed by atoms with van der Waals surface area (Å²) in [5, 5.41) is 8.43. The highest BCUT2D eigenvalue weighted by molar-refractivity contribution is 5.90. The lowest BCUT2D eigenvalue weighted by Gasteiger charge is -2.13. The second-order valence-corrected chi connectivity index (χ2v) is 5.53. The van der Waals surface area contributed by atoms with Crippen LogP contribution in [0.15, 0.2) is 53.5 Å². The van der Waals surface area contributed by atoms with Crippen LogP contribution < -0.4 is 11.0 Å². The predicted octanol–water partition coefficient (Wildman–Crippen LogP) is 3.02. The number of hydrogen-bond donors (Lipinski definition) is 2. The summed E-state index contributed by atoms with van der Waals surface area (Å²) in [6.45, 7) is 0.235. The van der Waals surface area contributed by atoms with E-state index in [1.807, 2.05) is 0 Å². The molecule has 0 fully saturated rings. The molecule has 0 spiro atoms. The number of aromatic nitrogens is 1. The summed E-state index contributed by atoms with van der Waals surface area (Å²) in [6, 6.07) is 8.46. The number of aryl methyl sites for hydroxylation is 2. The van der Waals surface area contributed by atoms with Crippen molar-refractivity contribution < 1.29 is 23.2 Å². The number of hydrogen-bond acceptors (Lipinski definition) is 3. The van der Waals surface area contributed by atoms with E-state index in [0.29, 0.717) is 6.42 Å². The summed E-state index contributed by atoms with van der Waals surface area (Å²) in [4.78, 5) is 23.3. The molecule has 0 aliphatic rings. The van der Waals surface area contributed by atoms with E-state index in [1.54, 1.807) is 12.1 Å². The Hall–Kier alpha value is -2.87. The number of carbonyl (C=O) groups excluding carboxylic acids is 1. The smallest absolute Gasteiger partial charge is 0.315 e. The van der Waals surface area contributed by atoms with Gasteiger partial charge in [-0.1, -0.05) is 18.2 Å². The van der Waals surface area contributed by atoms with Crippen molar-refractivity contribution in [3.05, 3.63) is 75.7 Å².